The topological polar surface area (TPSA) is 71.1 Å². The van der Waals surface area contributed by atoms with Crippen molar-refractivity contribution in [3.8, 4) is 0 Å². The van der Waals surface area contributed by atoms with Crippen molar-refractivity contribution in [1.82, 2.24) is 4.98 Å². The van der Waals surface area contributed by atoms with Crippen LogP contribution in [-0.4, -0.2) is 22.6 Å². The summed E-state index contributed by atoms with van der Waals surface area (Å²) in [4.78, 5) is 29.1. The van der Waals surface area contributed by atoms with Crippen molar-refractivity contribution in [2.24, 2.45) is 0 Å². The number of hydrogen-bond donors (Lipinski definition) is 2. The third-order valence-electron chi connectivity index (χ3n) is 4.48. The van der Waals surface area contributed by atoms with Gasteiger partial charge in [-0.05, 0) is 61.0 Å². The number of para-hydroxylation sites is 1. The Morgan fingerprint density at radius 3 is 2.58 bits per heavy atom. The van der Waals surface area contributed by atoms with E-state index in [1.807, 2.05) is 43.3 Å². The van der Waals surface area contributed by atoms with E-state index in [-0.39, 0.29) is 23.4 Å². The molecule has 8 heteroatoms. The summed E-state index contributed by atoms with van der Waals surface area (Å²) < 4.78 is 14.7. The van der Waals surface area contributed by atoms with Crippen molar-refractivity contribution < 1.29 is 14.0 Å². The summed E-state index contributed by atoms with van der Waals surface area (Å²) in [5.41, 5.74) is 3.61. The van der Waals surface area contributed by atoms with Gasteiger partial charge in [0.15, 0.2) is 4.34 Å². The number of halogens is 1. The molecule has 0 aliphatic carbocycles. The van der Waals surface area contributed by atoms with E-state index in [0.717, 1.165) is 25.8 Å². The predicted molar refractivity (Wildman–Crippen MR) is 125 cm³/mol. The smallest absolute Gasteiger partial charge is 0.255 e. The molecule has 0 aliphatic rings. The maximum absolute atomic E-state index is 13.0. The normalized spacial score (nSPS) is 10.8. The fourth-order valence-corrected chi connectivity index (χ4v) is 4.78. The van der Waals surface area contributed by atoms with Gasteiger partial charge in [0.25, 0.3) is 5.91 Å². The molecule has 0 bridgehead atoms. The largest absolute Gasteiger partial charge is 0.325 e. The molecule has 31 heavy (non-hydrogen) atoms. The van der Waals surface area contributed by atoms with Gasteiger partial charge >= 0.3 is 0 Å². The number of thiazole rings is 1. The average molecular weight is 452 g/mol. The second-order valence-corrected chi connectivity index (χ2v) is 9.03. The molecule has 5 nitrogen and oxygen atoms in total. The van der Waals surface area contributed by atoms with Crippen LogP contribution >= 0.6 is 23.1 Å². The molecule has 0 spiro atoms. The van der Waals surface area contributed by atoms with Crippen LogP contribution in [-0.2, 0) is 4.79 Å². The Bertz CT molecular complexity index is 1260. The van der Waals surface area contributed by atoms with E-state index in [9.17, 15) is 14.0 Å². The number of nitrogens with one attached hydrogen (secondary N) is 2. The lowest BCUT2D eigenvalue weighted by molar-refractivity contribution is -0.113. The average Bonchev–Trinajstić information content (AvgIpc) is 3.16. The maximum atomic E-state index is 13.0. The number of nitrogens with zero attached hydrogens (tertiary/aromatic N) is 1. The van der Waals surface area contributed by atoms with Crippen molar-refractivity contribution in [1.29, 1.82) is 0 Å². The number of thioether (sulfide) groups is 1. The zero-order valence-corrected chi connectivity index (χ0v) is 18.1. The van der Waals surface area contributed by atoms with Crippen LogP contribution in [0.15, 0.2) is 71.1 Å². The third-order valence-corrected chi connectivity index (χ3v) is 6.64. The minimum Gasteiger partial charge on any atom is -0.325 e. The van der Waals surface area contributed by atoms with E-state index < -0.39 is 0 Å². The Kier molecular flexibility index (Phi) is 6.29. The summed E-state index contributed by atoms with van der Waals surface area (Å²) in [6.45, 7) is 1.95. The third kappa shape index (κ3) is 5.28. The monoisotopic (exact) mass is 451 g/mol. The van der Waals surface area contributed by atoms with Crippen LogP contribution in [0, 0.1) is 12.7 Å². The summed E-state index contributed by atoms with van der Waals surface area (Å²) in [5.74, 6) is -0.542. The zero-order valence-electron chi connectivity index (χ0n) is 16.5. The summed E-state index contributed by atoms with van der Waals surface area (Å²) >= 11 is 2.83. The number of aryl methyl sites for hydroxylation is 1. The molecule has 0 radical (unpaired) electrons. The van der Waals surface area contributed by atoms with Gasteiger partial charge in [0, 0.05) is 16.9 Å². The van der Waals surface area contributed by atoms with Gasteiger partial charge in [0.1, 0.15) is 5.82 Å². The summed E-state index contributed by atoms with van der Waals surface area (Å²) in [7, 11) is 0. The molecule has 4 aromatic rings. The highest BCUT2D eigenvalue weighted by Gasteiger charge is 2.11. The van der Waals surface area contributed by atoms with Crippen molar-refractivity contribution in [2.75, 3.05) is 16.4 Å². The molecule has 0 saturated carbocycles. The predicted octanol–water partition coefficient (Wildman–Crippen LogP) is 5.73. The van der Waals surface area contributed by atoms with E-state index in [2.05, 4.69) is 15.6 Å². The number of aromatic nitrogens is 1. The van der Waals surface area contributed by atoms with Gasteiger partial charge in [-0.2, -0.15) is 0 Å². The van der Waals surface area contributed by atoms with Gasteiger partial charge < -0.3 is 10.6 Å². The first-order valence-corrected chi connectivity index (χ1v) is 11.2. The first-order chi connectivity index (χ1) is 15.0. The first kappa shape index (κ1) is 21.0. The Morgan fingerprint density at radius 2 is 1.81 bits per heavy atom. The molecule has 0 saturated heterocycles. The number of carbonyl (C=O) groups is 2. The van der Waals surface area contributed by atoms with Gasteiger partial charge in [-0.25, -0.2) is 9.37 Å². The van der Waals surface area contributed by atoms with Crippen LogP contribution in [0.1, 0.15) is 15.9 Å². The van der Waals surface area contributed by atoms with Gasteiger partial charge in [-0.1, -0.05) is 30.0 Å². The van der Waals surface area contributed by atoms with Crippen LogP contribution in [0.3, 0.4) is 0 Å². The highest BCUT2D eigenvalue weighted by molar-refractivity contribution is 8.01. The Morgan fingerprint density at radius 1 is 1.03 bits per heavy atom. The molecule has 1 heterocycles. The minimum absolute atomic E-state index is 0.0918. The molecule has 0 atom stereocenters. The molecule has 3 aromatic carbocycles. The van der Waals surface area contributed by atoms with Crippen LogP contribution < -0.4 is 10.6 Å². The van der Waals surface area contributed by atoms with Crippen LogP contribution in [0.25, 0.3) is 10.2 Å². The molecule has 2 N–H and O–H groups in total. The lowest BCUT2D eigenvalue weighted by atomic mass is 10.2. The molecule has 1 aromatic heterocycles. The van der Waals surface area contributed by atoms with E-state index in [1.165, 1.54) is 47.4 Å². The van der Waals surface area contributed by atoms with Crippen LogP contribution in [0.2, 0.25) is 0 Å². The summed E-state index contributed by atoms with van der Waals surface area (Å²) in [6.07, 6.45) is 0. The second-order valence-electron chi connectivity index (χ2n) is 6.78. The quantitative estimate of drug-likeness (QED) is 0.368. The molecule has 4 rings (SSSR count). The lowest BCUT2D eigenvalue weighted by Gasteiger charge is -2.06. The van der Waals surface area contributed by atoms with Crippen LogP contribution in [0.5, 0.6) is 0 Å². The SMILES string of the molecule is Cc1ccccc1NC(=O)CSc1nc2ccc(NC(=O)c3ccc(F)cc3)cc2s1. The highest BCUT2D eigenvalue weighted by Crippen LogP contribution is 2.31. The van der Waals surface area contributed by atoms with Crippen LogP contribution in [0.4, 0.5) is 15.8 Å². The Hall–Kier alpha value is -3.23. The molecule has 2 amide bonds. The van der Waals surface area contributed by atoms with E-state index in [0.29, 0.717) is 11.3 Å². The number of carbonyl (C=O) groups excluding carboxylic acids is 2. The van der Waals surface area contributed by atoms with Crippen molar-refractivity contribution >= 4 is 56.5 Å². The Labute approximate surface area is 186 Å². The van der Waals surface area contributed by atoms with Gasteiger partial charge in [0.2, 0.25) is 5.91 Å². The first-order valence-electron chi connectivity index (χ1n) is 9.44. The van der Waals surface area contributed by atoms with Gasteiger partial charge in [-0.3, -0.25) is 9.59 Å². The van der Waals surface area contributed by atoms with Gasteiger partial charge in [-0.15, -0.1) is 11.3 Å². The van der Waals surface area contributed by atoms with Crippen molar-refractivity contribution in [2.45, 2.75) is 11.3 Å². The minimum atomic E-state index is -0.389. The summed E-state index contributed by atoms with van der Waals surface area (Å²) in [5, 5.41) is 5.72. The molecule has 0 unspecified atom stereocenters. The molecule has 0 aliphatic heterocycles. The number of anilines is 2. The van der Waals surface area contributed by atoms with E-state index in [4.69, 9.17) is 0 Å². The molecule has 0 fully saturated rings. The Balaban J connectivity index is 1.39. The van der Waals surface area contributed by atoms with Gasteiger partial charge in [0.05, 0.1) is 16.0 Å². The number of amides is 2. The summed E-state index contributed by atoms with van der Waals surface area (Å²) in [6, 6.07) is 18.4. The zero-order chi connectivity index (χ0) is 21.8. The second kappa shape index (κ2) is 9.28. The fraction of sp³-hybridized carbons (Fsp3) is 0.0870. The number of rotatable bonds is 6. The lowest BCUT2D eigenvalue weighted by Crippen LogP contribution is -2.14. The number of benzene rings is 3. The highest BCUT2D eigenvalue weighted by atomic mass is 32.2. The number of hydrogen-bond acceptors (Lipinski definition) is 5. The fourth-order valence-electron chi connectivity index (χ4n) is 2.87. The van der Waals surface area contributed by atoms with Crippen molar-refractivity contribution in [3.63, 3.8) is 0 Å². The molecular formula is C23H18FN3O2S2. The van der Waals surface area contributed by atoms with Crippen molar-refractivity contribution in [3.05, 3.63) is 83.7 Å². The number of fused-ring (bicyclic) bond motifs is 1. The molecular weight excluding hydrogens is 433 g/mol. The van der Waals surface area contributed by atoms with E-state index in [1.54, 1.807) is 6.07 Å². The maximum Gasteiger partial charge on any atom is 0.255 e. The molecule has 156 valence electrons. The standard InChI is InChI=1S/C23H18FN3O2S2/c1-14-4-2-3-5-18(14)26-21(28)13-30-23-27-19-11-10-17(12-20(19)31-23)25-22(29)15-6-8-16(24)9-7-15/h2-12H,13H2,1H3,(H,25,29)(H,26,28). The van der Waals surface area contributed by atoms with E-state index >= 15 is 0 Å².